The Balaban J connectivity index is 1.47. The van der Waals surface area contributed by atoms with Gasteiger partial charge in [0.1, 0.15) is 17.6 Å². The van der Waals surface area contributed by atoms with Crippen LogP contribution >= 0.6 is 0 Å². The molecule has 0 bridgehead atoms. The van der Waals surface area contributed by atoms with Gasteiger partial charge in [0.25, 0.3) is 0 Å². The van der Waals surface area contributed by atoms with Crippen LogP contribution in [0.4, 0.5) is 4.39 Å². The molecule has 1 heterocycles. The van der Waals surface area contributed by atoms with E-state index in [9.17, 15) is 24.2 Å². The number of nitrogens with zero attached hydrogens (tertiary/aromatic N) is 1. The Morgan fingerprint density at radius 2 is 1.70 bits per heavy atom. The van der Waals surface area contributed by atoms with Crippen molar-refractivity contribution in [1.29, 1.82) is 0 Å². The monoisotopic (exact) mass is 558 g/mol. The minimum absolute atomic E-state index is 0.0688. The first-order valence-corrected chi connectivity index (χ1v) is 14.2. The largest absolute Gasteiger partial charge is 0.497 e. The Bertz CT molecular complexity index is 1030. The molecule has 8 nitrogen and oxygen atoms in total. The maximum atomic E-state index is 12.8. The second-order valence-electron chi connectivity index (χ2n) is 10.3. The molecule has 220 valence electrons. The molecular weight excluding hydrogens is 515 g/mol. The van der Waals surface area contributed by atoms with Gasteiger partial charge in [0.2, 0.25) is 5.91 Å². The molecule has 0 spiro atoms. The number of hydrogen-bond donors (Lipinski definition) is 3. The number of aliphatic hydroxyl groups excluding tert-OH is 2. The number of ether oxygens (including phenoxy) is 2. The Kier molecular flexibility index (Phi) is 13.4. The van der Waals surface area contributed by atoms with Crippen LogP contribution in [-0.2, 0) is 4.79 Å². The maximum Gasteiger partial charge on any atom is 0.220 e. The second kappa shape index (κ2) is 16.9. The van der Waals surface area contributed by atoms with Gasteiger partial charge in [-0.05, 0) is 74.1 Å². The fraction of sp³-hybridized carbons (Fsp3) is 0.548. The molecule has 1 amide bonds. The number of unbranched alkanes of at least 4 members (excludes halogenated alkanes) is 3. The molecule has 0 unspecified atom stereocenters. The third-order valence-corrected chi connectivity index (χ3v) is 7.17. The highest BCUT2D eigenvalue weighted by Gasteiger charge is 2.29. The summed E-state index contributed by atoms with van der Waals surface area (Å²) in [7, 11) is 1.58. The summed E-state index contributed by atoms with van der Waals surface area (Å²) in [5.41, 5.74) is 1.30. The van der Waals surface area contributed by atoms with E-state index in [1.807, 2.05) is 4.90 Å². The number of rotatable bonds is 18. The van der Waals surface area contributed by atoms with E-state index in [0.717, 1.165) is 6.42 Å². The van der Waals surface area contributed by atoms with Crippen molar-refractivity contribution in [2.24, 2.45) is 0 Å². The number of Topliss-reactive ketones (excluding diaryl/α,β-unsaturated/α-hetero) is 1. The van der Waals surface area contributed by atoms with Crippen LogP contribution in [0.25, 0.3) is 0 Å². The number of amides is 1. The molecule has 9 heteroatoms. The highest BCUT2D eigenvalue weighted by molar-refractivity contribution is 5.96. The summed E-state index contributed by atoms with van der Waals surface area (Å²) in [6, 6.07) is 13.6. The van der Waals surface area contributed by atoms with Crippen molar-refractivity contribution in [2.75, 3.05) is 40.0 Å². The minimum Gasteiger partial charge on any atom is -0.497 e. The van der Waals surface area contributed by atoms with Crippen molar-refractivity contribution >= 4 is 11.7 Å². The van der Waals surface area contributed by atoms with Crippen molar-refractivity contribution in [3.8, 4) is 11.5 Å². The van der Waals surface area contributed by atoms with Gasteiger partial charge in [-0.1, -0.05) is 18.6 Å². The lowest BCUT2D eigenvalue weighted by Crippen LogP contribution is -2.47. The molecule has 3 rings (SSSR count). The van der Waals surface area contributed by atoms with Crippen LogP contribution < -0.4 is 14.8 Å². The number of ketones is 1. The third-order valence-electron chi connectivity index (χ3n) is 7.17. The van der Waals surface area contributed by atoms with E-state index < -0.39 is 18.2 Å². The lowest BCUT2D eigenvalue weighted by Gasteiger charge is -2.29. The van der Waals surface area contributed by atoms with Gasteiger partial charge in [-0.3, -0.25) is 18.9 Å². The van der Waals surface area contributed by atoms with Crippen molar-refractivity contribution in [3.63, 3.8) is 0 Å². The summed E-state index contributed by atoms with van der Waals surface area (Å²) in [4.78, 5) is 27.3. The number of benzene rings is 2. The van der Waals surface area contributed by atoms with Gasteiger partial charge >= 0.3 is 0 Å². The number of methoxy groups -OCH3 is 1. The molecular formula is C31H43FN2O6. The number of alkyl halides is 1. The van der Waals surface area contributed by atoms with Crippen LogP contribution in [0.2, 0.25) is 0 Å². The number of β-amino-alcohol motifs (C(OH)–C–C–N with tert-alkyl or cyclic N) is 1. The summed E-state index contributed by atoms with van der Waals surface area (Å²) >= 11 is 0. The highest BCUT2D eigenvalue weighted by Crippen LogP contribution is 2.23. The van der Waals surface area contributed by atoms with Crippen LogP contribution in [0.5, 0.6) is 11.5 Å². The lowest BCUT2D eigenvalue weighted by atomic mass is 10.0. The van der Waals surface area contributed by atoms with Crippen molar-refractivity contribution < 1.29 is 33.7 Å². The molecule has 2 aromatic rings. The van der Waals surface area contributed by atoms with Crippen LogP contribution in [0.1, 0.15) is 73.4 Å². The number of hydrogen-bond acceptors (Lipinski definition) is 7. The normalized spacial score (nSPS) is 16.9. The van der Waals surface area contributed by atoms with E-state index in [1.54, 1.807) is 55.6 Å². The van der Waals surface area contributed by atoms with Gasteiger partial charge in [0, 0.05) is 38.0 Å². The van der Waals surface area contributed by atoms with Gasteiger partial charge in [-0.2, -0.15) is 0 Å². The van der Waals surface area contributed by atoms with E-state index >= 15 is 0 Å². The predicted octanol–water partition coefficient (Wildman–Crippen LogP) is 4.24. The first-order chi connectivity index (χ1) is 19.4. The maximum absolute atomic E-state index is 12.8. The molecule has 1 saturated heterocycles. The molecule has 0 aliphatic carbocycles. The number of carbonyl (C=O) groups is 2. The number of likely N-dealkylation sites (tertiary alicyclic amines) is 1. The molecule has 0 aromatic heterocycles. The standard InChI is InChI=1S/C31H43FN2O6/c1-39-26-13-9-23(10-14-26)29(36)7-3-2-4-8-30(37)33-28(22-34-19-17-25(35)21-34)31(38)24-11-15-27(16-12-24)40-20-6-5-18-32/h9-16,25,28,31,35,38H,2-8,17-22H2,1H3,(H,33,37)/t25-,28-,31+/m1/s1. The fourth-order valence-electron chi connectivity index (χ4n) is 4.81. The molecule has 1 fully saturated rings. The Labute approximate surface area is 236 Å². The molecule has 1 aliphatic heterocycles. The average molecular weight is 559 g/mol. The van der Waals surface area contributed by atoms with Crippen LogP contribution in [0.3, 0.4) is 0 Å². The zero-order valence-electron chi connectivity index (χ0n) is 23.4. The summed E-state index contributed by atoms with van der Waals surface area (Å²) in [5, 5.41) is 24.1. The van der Waals surface area contributed by atoms with Crippen LogP contribution in [-0.4, -0.2) is 79.0 Å². The van der Waals surface area contributed by atoms with E-state index in [0.29, 0.717) is 93.8 Å². The van der Waals surface area contributed by atoms with Gasteiger partial charge < -0.3 is 25.0 Å². The van der Waals surface area contributed by atoms with Crippen LogP contribution in [0.15, 0.2) is 48.5 Å². The van der Waals surface area contributed by atoms with Gasteiger partial charge in [0.05, 0.1) is 32.5 Å². The molecule has 40 heavy (non-hydrogen) atoms. The highest BCUT2D eigenvalue weighted by atomic mass is 19.1. The third kappa shape index (κ3) is 10.5. The van der Waals surface area contributed by atoms with Gasteiger partial charge in [-0.15, -0.1) is 0 Å². The van der Waals surface area contributed by atoms with E-state index in [-0.39, 0.29) is 18.4 Å². The molecule has 3 N–H and O–H groups in total. The topological polar surface area (TPSA) is 108 Å². The molecule has 0 radical (unpaired) electrons. The zero-order chi connectivity index (χ0) is 28.7. The Morgan fingerprint density at radius 3 is 2.35 bits per heavy atom. The SMILES string of the molecule is COc1ccc(C(=O)CCCCCC(=O)N[C@H](CN2CC[C@@H](O)C2)[C@@H](O)c2ccc(OCCCCF)cc2)cc1. The van der Waals surface area contributed by atoms with E-state index in [2.05, 4.69) is 5.32 Å². The number of halogens is 1. The molecule has 3 atom stereocenters. The summed E-state index contributed by atoms with van der Waals surface area (Å²) in [6.07, 6.45) is 3.22. The Hall–Kier alpha value is -3.01. The lowest BCUT2D eigenvalue weighted by molar-refractivity contribution is -0.123. The van der Waals surface area contributed by atoms with E-state index in [1.165, 1.54) is 0 Å². The molecule has 1 aliphatic rings. The minimum atomic E-state index is -0.940. The van der Waals surface area contributed by atoms with Gasteiger partial charge in [0.15, 0.2) is 5.78 Å². The Morgan fingerprint density at radius 1 is 1.00 bits per heavy atom. The van der Waals surface area contributed by atoms with E-state index in [4.69, 9.17) is 9.47 Å². The summed E-state index contributed by atoms with van der Waals surface area (Å²) in [5.74, 6) is 1.26. The number of aliphatic hydroxyl groups is 2. The van der Waals surface area contributed by atoms with Crippen molar-refractivity contribution in [1.82, 2.24) is 10.2 Å². The first kappa shape index (κ1) is 31.5. The number of carbonyl (C=O) groups excluding carboxylic acids is 2. The molecule has 0 saturated carbocycles. The quantitative estimate of drug-likeness (QED) is 0.186. The number of nitrogens with one attached hydrogen (secondary N) is 1. The summed E-state index contributed by atoms with van der Waals surface area (Å²) in [6.45, 7) is 1.69. The first-order valence-electron chi connectivity index (χ1n) is 14.2. The summed E-state index contributed by atoms with van der Waals surface area (Å²) < 4.78 is 23.0. The zero-order valence-corrected chi connectivity index (χ0v) is 23.4. The smallest absolute Gasteiger partial charge is 0.220 e. The van der Waals surface area contributed by atoms with Gasteiger partial charge in [-0.25, -0.2) is 0 Å². The molecule has 2 aromatic carbocycles. The average Bonchev–Trinajstić information content (AvgIpc) is 3.39. The predicted molar refractivity (Wildman–Crippen MR) is 152 cm³/mol. The second-order valence-corrected chi connectivity index (χ2v) is 10.3. The van der Waals surface area contributed by atoms with Crippen LogP contribution in [0, 0.1) is 0 Å². The van der Waals surface area contributed by atoms with Crippen molar-refractivity contribution in [2.45, 2.75) is 69.6 Å². The van der Waals surface area contributed by atoms with Crippen molar-refractivity contribution in [3.05, 3.63) is 59.7 Å². The fourth-order valence-corrected chi connectivity index (χ4v) is 4.81.